The van der Waals surface area contributed by atoms with Crippen LogP contribution in [0.3, 0.4) is 0 Å². The standard InChI is InChI=1S/C25H33F2N7O2/c1-17-16-28-32-22(17)30-23-18-14-20(35-2)21(36-13-5-10-33-8-3-4-9-33)15-19(18)29-24(31-23)34-11-6-25(26,27)7-12-34/h14-16H,3-13H2,1-2H3,(H2,28,29,30,31,32). The highest BCUT2D eigenvalue weighted by Crippen LogP contribution is 2.37. The summed E-state index contributed by atoms with van der Waals surface area (Å²) in [5.41, 5.74) is 1.57. The van der Waals surface area contributed by atoms with E-state index in [-0.39, 0.29) is 25.9 Å². The fraction of sp³-hybridized carbons (Fsp3) is 0.560. The van der Waals surface area contributed by atoms with Gasteiger partial charge < -0.3 is 24.6 Å². The van der Waals surface area contributed by atoms with Crippen molar-refractivity contribution in [2.24, 2.45) is 0 Å². The van der Waals surface area contributed by atoms with E-state index >= 15 is 0 Å². The predicted molar refractivity (Wildman–Crippen MR) is 135 cm³/mol. The maximum Gasteiger partial charge on any atom is 0.251 e. The molecule has 0 aliphatic carbocycles. The van der Waals surface area contributed by atoms with E-state index in [4.69, 9.17) is 19.4 Å². The molecular weight excluding hydrogens is 468 g/mol. The first-order valence-electron chi connectivity index (χ1n) is 12.6. The van der Waals surface area contributed by atoms with Crippen molar-refractivity contribution >= 4 is 28.5 Å². The molecule has 1 aromatic carbocycles. The number of aromatic amines is 1. The lowest BCUT2D eigenvalue weighted by Gasteiger charge is -2.32. The quantitative estimate of drug-likeness (QED) is 0.414. The van der Waals surface area contributed by atoms with Crippen LogP contribution < -0.4 is 19.7 Å². The molecular formula is C25H33F2N7O2. The molecule has 2 fully saturated rings. The summed E-state index contributed by atoms with van der Waals surface area (Å²) < 4.78 is 39.3. The van der Waals surface area contributed by atoms with E-state index in [2.05, 4.69) is 20.4 Å². The first-order valence-corrected chi connectivity index (χ1v) is 12.6. The second kappa shape index (κ2) is 10.4. The number of aryl methyl sites for hydroxylation is 1. The Kier molecular flexibility index (Phi) is 7.08. The van der Waals surface area contributed by atoms with Gasteiger partial charge in [0, 0.05) is 49.5 Å². The Morgan fingerprint density at radius 3 is 2.56 bits per heavy atom. The molecule has 0 spiro atoms. The van der Waals surface area contributed by atoms with Crippen LogP contribution in [0.5, 0.6) is 11.5 Å². The summed E-state index contributed by atoms with van der Waals surface area (Å²) in [5.74, 6) is 0.186. The number of nitrogens with one attached hydrogen (secondary N) is 2. The minimum atomic E-state index is -2.65. The number of ether oxygens (including phenoxy) is 2. The molecule has 0 unspecified atom stereocenters. The highest BCUT2D eigenvalue weighted by molar-refractivity contribution is 5.94. The topological polar surface area (TPSA) is 91.4 Å². The molecule has 0 bridgehead atoms. The lowest BCUT2D eigenvalue weighted by atomic mass is 10.1. The number of methoxy groups -OCH3 is 1. The second-order valence-electron chi connectivity index (χ2n) is 9.54. The summed E-state index contributed by atoms with van der Waals surface area (Å²) in [6.07, 6.45) is 4.74. The zero-order chi connectivity index (χ0) is 25.1. The van der Waals surface area contributed by atoms with E-state index < -0.39 is 5.92 Å². The Hall–Kier alpha value is -3.21. The normalized spacial score (nSPS) is 18.1. The minimum Gasteiger partial charge on any atom is -0.493 e. The van der Waals surface area contributed by atoms with Gasteiger partial charge in [-0.3, -0.25) is 5.10 Å². The molecule has 194 valence electrons. The summed E-state index contributed by atoms with van der Waals surface area (Å²) >= 11 is 0. The molecule has 2 N–H and O–H groups in total. The number of halogens is 2. The average Bonchev–Trinajstić information content (AvgIpc) is 3.53. The summed E-state index contributed by atoms with van der Waals surface area (Å²) in [6.45, 7) is 6.21. The van der Waals surface area contributed by atoms with Crippen molar-refractivity contribution in [2.45, 2.75) is 45.0 Å². The summed E-state index contributed by atoms with van der Waals surface area (Å²) in [7, 11) is 1.60. The van der Waals surface area contributed by atoms with Crippen molar-refractivity contribution in [3.63, 3.8) is 0 Å². The fourth-order valence-electron chi connectivity index (χ4n) is 4.74. The molecule has 2 aliphatic rings. The highest BCUT2D eigenvalue weighted by atomic mass is 19.3. The van der Waals surface area contributed by atoms with Crippen molar-refractivity contribution in [3.05, 3.63) is 23.9 Å². The van der Waals surface area contributed by atoms with Crippen LogP contribution in [0.2, 0.25) is 0 Å². The SMILES string of the molecule is COc1cc2c(Nc3[nH]ncc3C)nc(N3CCC(F)(F)CC3)nc2cc1OCCCN1CCCC1. The van der Waals surface area contributed by atoms with E-state index in [0.29, 0.717) is 41.2 Å². The van der Waals surface area contributed by atoms with Crippen molar-refractivity contribution in [3.8, 4) is 11.5 Å². The van der Waals surface area contributed by atoms with Crippen LogP contribution in [0.15, 0.2) is 18.3 Å². The van der Waals surface area contributed by atoms with Crippen LogP contribution in [-0.4, -0.2) is 77.4 Å². The minimum absolute atomic E-state index is 0.192. The predicted octanol–water partition coefficient (Wildman–Crippen LogP) is 4.51. The molecule has 36 heavy (non-hydrogen) atoms. The Morgan fingerprint density at radius 2 is 1.86 bits per heavy atom. The van der Waals surface area contributed by atoms with Crippen LogP contribution in [0, 0.1) is 6.92 Å². The highest BCUT2D eigenvalue weighted by Gasteiger charge is 2.35. The Bertz CT molecular complexity index is 1190. The van der Waals surface area contributed by atoms with Crippen molar-refractivity contribution in [1.82, 2.24) is 25.1 Å². The number of rotatable bonds is 9. The van der Waals surface area contributed by atoms with Gasteiger partial charge >= 0.3 is 0 Å². The van der Waals surface area contributed by atoms with Gasteiger partial charge in [0.05, 0.1) is 25.4 Å². The number of fused-ring (bicyclic) bond motifs is 1. The third-order valence-electron chi connectivity index (χ3n) is 6.89. The van der Waals surface area contributed by atoms with Crippen LogP contribution in [-0.2, 0) is 0 Å². The summed E-state index contributed by atoms with van der Waals surface area (Å²) in [6, 6.07) is 3.70. The molecule has 2 aliphatic heterocycles. The summed E-state index contributed by atoms with van der Waals surface area (Å²) in [4.78, 5) is 13.7. The van der Waals surface area contributed by atoms with E-state index in [0.717, 1.165) is 37.0 Å². The Morgan fingerprint density at radius 1 is 1.08 bits per heavy atom. The number of aromatic nitrogens is 4. The van der Waals surface area contributed by atoms with Gasteiger partial charge in [-0.1, -0.05) is 0 Å². The number of benzene rings is 1. The van der Waals surface area contributed by atoms with Crippen LogP contribution in [0.25, 0.3) is 10.9 Å². The van der Waals surface area contributed by atoms with Crippen LogP contribution in [0.4, 0.5) is 26.4 Å². The van der Waals surface area contributed by atoms with E-state index in [9.17, 15) is 8.78 Å². The number of alkyl halides is 2. The molecule has 0 radical (unpaired) electrons. The zero-order valence-electron chi connectivity index (χ0n) is 20.8. The van der Waals surface area contributed by atoms with Gasteiger partial charge in [0.25, 0.3) is 5.92 Å². The van der Waals surface area contributed by atoms with Gasteiger partial charge in [-0.05, 0) is 45.3 Å². The molecule has 0 amide bonds. The summed E-state index contributed by atoms with van der Waals surface area (Å²) in [5, 5.41) is 11.0. The number of H-pyrrole nitrogens is 1. The molecule has 9 nitrogen and oxygen atoms in total. The second-order valence-corrected chi connectivity index (χ2v) is 9.54. The van der Waals surface area contributed by atoms with Gasteiger partial charge in [-0.25, -0.2) is 13.8 Å². The third-order valence-corrected chi connectivity index (χ3v) is 6.89. The number of likely N-dealkylation sites (tertiary alicyclic amines) is 1. The van der Waals surface area contributed by atoms with Gasteiger partial charge in [0.15, 0.2) is 11.5 Å². The third kappa shape index (κ3) is 5.45. The first-order chi connectivity index (χ1) is 17.4. The van der Waals surface area contributed by atoms with Gasteiger partial charge in [-0.15, -0.1) is 0 Å². The van der Waals surface area contributed by atoms with Crippen LogP contribution >= 0.6 is 0 Å². The number of anilines is 3. The Labute approximate surface area is 209 Å². The number of hydrogen-bond donors (Lipinski definition) is 2. The molecule has 5 rings (SSSR count). The van der Waals surface area contributed by atoms with Gasteiger partial charge in [0.1, 0.15) is 11.6 Å². The smallest absolute Gasteiger partial charge is 0.251 e. The maximum absolute atomic E-state index is 13.8. The molecule has 11 heteroatoms. The number of hydrogen-bond acceptors (Lipinski definition) is 8. The maximum atomic E-state index is 13.8. The monoisotopic (exact) mass is 501 g/mol. The lowest BCUT2D eigenvalue weighted by molar-refractivity contribution is -0.0222. The largest absolute Gasteiger partial charge is 0.493 e. The molecule has 2 aromatic heterocycles. The molecule has 0 atom stereocenters. The molecule has 4 heterocycles. The average molecular weight is 502 g/mol. The fourth-order valence-corrected chi connectivity index (χ4v) is 4.74. The number of nitrogens with zero attached hydrogens (tertiary/aromatic N) is 5. The van der Waals surface area contributed by atoms with Crippen LogP contribution in [0.1, 0.15) is 37.7 Å². The lowest BCUT2D eigenvalue weighted by Crippen LogP contribution is -2.40. The van der Waals surface area contributed by atoms with E-state index in [1.807, 2.05) is 24.0 Å². The van der Waals surface area contributed by atoms with Crippen molar-refractivity contribution < 1.29 is 18.3 Å². The zero-order valence-corrected chi connectivity index (χ0v) is 20.8. The number of piperidine rings is 1. The molecule has 0 saturated carbocycles. The van der Waals surface area contributed by atoms with Gasteiger partial charge in [-0.2, -0.15) is 10.1 Å². The molecule has 2 saturated heterocycles. The van der Waals surface area contributed by atoms with Crippen molar-refractivity contribution in [1.29, 1.82) is 0 Å². The van der Waals surface area contributed by atoms with E-state index in [1.165, 1.54) is 12.8 Å². The van der Waals surface area contributed by atoms with E-state index in [1.54, 1.807) is 13.3 Å². The first kappa shape index (κ1) is 24.5. The molecule has 3 aromatic rings. The Balaban J connectivity index is 1.44. The van der Waals surface area contributed by atoms with Gasteiger partial charge in [0.2, 0.25) is 5.95 Å². The van der Waals surface area contributed by atoms with Crippen molar-refractivity contribution in [2.75, 3.05) is 56.7 Å².